The summed E-state index contributed by atoms with van der Waals surface area (Å²) in [7, 11) is 1.53. The molecule has 1 N–H and O–H groups in total. The van der Waals surface area contributed by atoms with E-state index in [1.807, 2.05) is 0 Å². The molecule has 4 nitrogen and oxygen atoms in total. The SMILES string of the molecule is COCCn1ncc(Cl)c1C(O)c1ccc(F)c(F)c1Br. The number of aliphatic hydroxyl groups is 1. The third-order valence-electron chi connectivity index (χ3n) is 2.96. The lowest BCUT2D eigenvalue weighted by molar-refractivity contribution is 0.171. The largest absolute Gasteiger partial charge is 0.383 e. The van der Waals surface area contributed by atoms with Crippen LogP contribution in [0.2, 0.25) is 5.02 Å². The Morgan fingerprint density at radius 2 is 2.19 bits per heavy atom. The maximum atomic E-state index is 13.6. The van der Waals surface area contributed by atoms with Crippen LogP contribution in [0.15, 0.2) is 22.8 Å². The zero-order valence-corrected chi connectivity index (χ0v) is 13.3. The van der Waals surface area contributed by atoms with Gasteiger partial charge in [0, 0.05) is 12.7 Å². The third kappa shape index (κ3) is 3.26. The molecule has 1 aromatic heterocycles. The summed E-state index contributed by atoms with van der Waals surface area (Å²) in [6.45, 7) is 0.744. The second-order valence-corrected chi connectivity index (χ2v) is 5.46. The van der Waals surface area contributed by atoms with Crippen LogP contribution in [0.1, 0.15) is 17.4 Å². The number of rotatable bonds is 5. The quantitative estimate of drug-likeness (QED) is 0.809. The fraction of sp³-hybridized carbons (Fsp3) is 0.308. The van der Waals surface area contributed by atoms with Crippen LogP contribution in [-0.2, 0) is 11.3 Å². The van der Waals surface area contributed by atoms with Crippen LogP contribution in [0.5, 0.6) is 0 Å². The van der Waals surface area contributed by atoms with Crippen molar-refractivity contribution in [3.8, 4) is 0 Å². The number of aliphatic hydroxyl groups excluding tert-OH is 1. The van der Waals surface area contributed by atoms with Crippen molar-refractivity contribution in [3.63, 3.8) is 0 Å². The van der Waals surface area contributed by atoms with Gasteiger partial charge < -0.3 is 9.84 Å². The molecule has 1 heterocycles. The average Bonchev–Trinajstić information content (AvgIpc) is 2.83. The fourth-order valence-electron chi connectivity index (χ4n) is 1.90. The van der Waals surface area contributed by atoms with E-state index >= 15 is 0 Å². The van der Waals surface area contributed by atoms with Crippen LogP contribution in [0.3, 0.4) is 0 Å². The first-order chi connectivity index (χ1) is 9.97. The van der Waals surface area contributed by atoms with Gasteiger partial charge >= 0.3 is 0 Å². The molecule has 0 bridgehead atoms. The van der Waals surface area contributed by atoms with E-state index in [4.69, 9.17) is 16.3 Å². The Morgan fingerprint density at radius 1 is 1.48 bits per heavy atom. The van der Waals surface area contributed by atoms with Crippen LogP contribution < -0.4 is 0 Å². The lowest BCUT2D eigenvalue weighted by Gasteiger charge is -2.16. The van der Waals surface area contributed by atoms with Crippen LogP contribution >= 0.6 is 27.5 Å². The standard InChI is InChI=1S/C13H12BrClF2N2O2/c1-21-5-4-19-12(8(15)6-18-19)13(20)7-2-3-9(16)11(17)10(7)14/h2-3,6,13,20H,4-5H2,1H3. The lowest BCUT2D eigenvalue weighted by atomic mass is 10.1. The number of hydrogen-bond donors (Lipinski definition) is 1. The average molecular weight is 382 g/mol. The van der Waals surface area contributed by atoms with E-state index in [0.29, 0.717) is 18.8 Å². The van der Waals surface area contributed by atoms with E-state index in [0.717, 1.165) is 6.07 Å². The van der Waals surface area contributed by atoms with Gasteiger partial charge in [-0.05, 0) is 22.0 Å². The molecule has 114 valence electrons. The summed E-state index contributed by atoms with van der Waals surface area (Å²) in [5, 5.41) is 14.7. The second kappa shape index (κ2) is 6.83. The van der Waals surface area contributed by atoms with Crippen molar-refractivity contribution in [3.05, 3.63) is 50.7 Å². The van der Waals surface area contributed by atoms with Gasteiger partial charge in [0.1, 0.15) is 6.10 Å². The van der Waals surface area contributed by atoms with Gasteiger partial charge in [-0.2, -0.15) is 5.10 Å². The normalized spacial score (nSPS) is 12.7. The monoisotopic (exact) mass is 380 g/mol. The first-order valence-corrected chi connectivity index (χ1v) is 7.16. The third-order valence-corrected chi connectivity index (χ3v) is 4.06. The van der Waals surface area contributed by atoms with E-state index in [2.05, 4.69) is 21.0 Å². The molecule has 1 aromatic carbocycles. The summed E-state index contributed by atoms with van der Waals surface area (Å²) in [6, 6.07) is 2.24. The van der Waals surface area contributed by atoms with Crippen molar-refractivity contribution in [2.24, 2.45) is 0 Å². The summed E-state index contributed by atoms with van der Waals surface area (Å²) in [6.07, 6.45) is 0.130. The molecule has 0 aliphatic heterocycles. The van der Waals surface area contributed by atoms with Crippen molar-refractivity contribution in [2.45, 2.75) is 12.6 Å². The molecule has 2 aromatic rings. The molecule has 0 aliphatic rings. The van der Waals surface area contributed by atoms with Crippen LogP contribution in [-0.4, -0.2) is 28.6 Å². The first-order valence-electron chi connectivity index (χ1n) is 5.99. The molecule has 0 spiro atoms. The number of methoxy groups -OCH3 is 1. The number of hydrogen-bond acceptors (Lipinski definition) is 3. The van der Waals surface area contributed by atoms with Gasteiger partial charge in [-0.3, -0.25) is 4.68 Å². The zero-order chi connectivity index (χ0) is 15.6. The highest BCUT2D eigenvalue weighted by atomic mass is 79.9. The number of aromatic nitrogens is 2. The molecule has 1 atom stereocenters. The molecule has 21 heavy (non-hydrogen) atoms. The summed E-state index contributed by atoms with van der Waals surface area (Å²) in [4.78, 5) is 0. The predicted octanol–water partition coefficient (Wildman–Crippen LogP) is 3.31. The molecular formula is C13H12BrClF2N2O2. The minimum atomic E-state index is -1.25. The number of halogens is 4. The van der Waals surface area contributed by atoms with E-state index < -0.39 is 17.7 Å². The van der Waals surface area contributed by atoms with Gasteiger partial charge in [-0.1, -0.05) is 17.7 Å². The van der Waals surface area contributed by atoms with Crippen molar-refractivity contribution >= 4 is 27.5 Å². The van der Waals surface area contributed by atoms with E-state index in [1.54, 1.807) is 0 Å². The van der Waals surface area contributed by atoms with Crippen LogP contribution in [0.25, 0.3) is 0 Å². The topological polar surface area (TPSA) is 47.3 Å². The summed E-state index contributed by atoms with van der Waals surface area (Å²) in [5.74, 6) is -2.07. The number of benzene rings is 1. The molecule has 1 unspecified atom stereocenters. The predicted molar refractivity (Wildman–Crippen MR) is 77.2 cm³/mol. The Labute approximate surface area is 133 Å². The van der Waals surface area contributed by atoms with Gasteiger partial charge in [0.05, 0.1) is 34.5 Å². The Hall–Kier alpha value is -1.02. The molecular weight excluding hydrogens is 370 g/mol. The minimum absolute atomic E-state index is 0.148. The lowest BCUT2D eigenvalue weighted by Crippen LogP contribution is -2.14. The van der Waals surface area contributed by atoms with Crippen molar-refractivity contribution < 1.29 is 18.6 Å². The molecule has 0 amide bonds. The van der Waals surface area contributed by atoms with Crippen LogP contribution in [0, 0.1) is 11.6 Å². The Kier molecular flexibility index (Phi) is 5.32. The zero-order valence-electron chi connectivity index (χ0n) is 11.0. The molecule has 2 rings (SSSR count). The molecule has 0 aliphatic carbocycles. The highest BCUT2D eigenvalue weighted by molar-refractivity contribution is 9.10. The molecule has 8 heteroatoms. The molecule has 0 saturated carbocycles. The number of ether oxygens (including phenoxy) is 1. The first kappa shape index (κ1) is 16.4. The van der Waals surface area contributed by atoms with E-state index in [1.165, 1.54) is 24.1 Å². The van der Waals surface area contributed by atoms with Gasteiger partial charge in [0.25, 0.3) is 0 Å². The highest BCUT2D eigenvalue weighted by Gasteiger charge is 2.24. The summed E-state index contributed by atoms with van der Waals surface area (Å²) < 4.78 is 33.0. The van der Waals surface area contributed by atoms with Gasteiger partial charge in [0.15, 0.2) is 11.6 Å². The van der Waals surface area contributed by atoms with Gasteiger partial charge in [-0.25, -0.2) is 8.78 Å². The smallest absolute Gasteiger partial charge is 0.173 e. The van der Waals surface area contributed by atoms with Crippen molar-refractivity contribution in [1.29, 1.82) is 0 Å². The number of nitrogens with zero attached hydrogens (tertiary/aromatic N) is 2. The maximum absolute atomic E-state index is 13.6. The van der Waals surface area contributed by atoms with E-state index in [9.17, 15) is 13.9 Å². The Bertz CT molecular complexity index is 651. The summed E-state index contributed by atoms with van der Waals surface area (Å²) >= 11 is 8.97. The Morgan fingerprint density at radius 3 is 2.86 bits per heavy atom. The van der Waals surface area contributed by atoms with Gasteiger partial charge in [-0.15, -0.1) is 0 Å². The molecule has 0 fully saturated rings. The van der Waals surface area contributed by atoms with Crippen molar-refractivity contribution in [1.82, 2.24) is 9.78 Å². The fourth-order valence-corrected chi connectivity index (χ4v) is 2.68. The second-order valence-electron chi connectivity index (χ2n) is 4.26. The molecule has 0 saturated heterocycles. The highest BCUT2D eigenvalue weighted by Crippen LogP contribution is 2.34. The van der Waals surface area contributed by atoms with Crippen LogP contribution in [0.4, 0.5) is 8.78 Å². The Balaban J connectivity index is 2.43. The van der Waals surface area contributed by atoms with Crippen molar-refractivity contribution in [2.75, 3.05) is 13.7 Å². The summed E-state index contributed by atoms with van der Waals surface area (Å²) in [5.41, 5.74) is 0.454. The van der Waals surface area contributed by atoms with E-state index in [-0.39, 0.29) is 15.1 Å². The molecule has 0 radical (unpaired) electrons. The maximum Gasteiger partial charge on any atom is 0.173 e. The van der Waals surface area contributed by atoms with Gasteiger partial charge in [0.2, 0.25) is 0 Å². The minimum Gasteiger partial charge on any atom is -0.383 e.